The predicted molar refractivity (Wildman–Crippen MR) is 131 cm³/mol. The van der Waals surface area contributed by atoms with E-state index in [1.165, 1.54) is 11.0 Å². The lowest BCUT2D eigenvalue weighted by Gasteiger charge is -2.51. The van der Waals surface area contributed by atoms with E-state index in [9.17, 15) is 30.0 Å². The van der Waals surface area contributed by atoms with Gasteiger partial charge >= 0.3 is 0 Å². The van der Waals surface area contributed by atoms with Crippen LogP contribution in [-0.2, 0) is 22.6 Å². The van der Waals surface area contributed by atoms with Gasteiger partial charge in [-0.25, -0.2) is 4.39 Å². The van der Waals surface area contributed by atoms with Crippen molar-refractivity contribution >= 4 is 23.2 Å². The van der Waals surface area contributed by atoms with Crippen LogP contribution in [0.4, 0.5) is 4.39 Å². The lowest BCUT2D eigenvalue weighted by molar-refractivity contribution is -0.138. The molecule has 1 saturated heterocycles. The van der Waals surface area contributed by atoms with Gasteiger partial charge < -0.3 is 31.6 Å². The minimum Gasteiger partial charge on any atom is -0.510 e. The number of likely N-dealkylation sites (tertiary alicyclic amines) is 1. The molecule has 0 spiro atoms. The summed E-state index contributed by atoms with van der Waals surface area (Å²) in [6.07, 6.45) is 0.965. The van der Waals surface area contributed by atoms with E-state index in [-0.39, 0.29) is 40.9 Å². The maximum absolute atomic E-state index is 15.7. The van der Waals surface area contributed by atoms with Crippen molar-refractivity contribution in [1.29, 1.82) is 5.41 Å². The Hall–Kier alpha value is -3.28. The van der Waals surface area contributed by atoms with Crippen molar-refractivity contribution < 1.29 is 34.4 Å². The van der Waals surface area contributed by atoms with Crippen molar-refractivity contribution in [3.8, 4) is 5.75 Å². The molecule has 1 aliphatic heterocycles. The monoisotopic (exact) mass is 514 g/mol. The van der Waals surface area contributed by atoms with E-state index in [4.69, 9.17) is 11.1 Å². The number of nitrogens with zero attached hydrogens (tertiary/aromatic N) is 2. The van der Waals surface area contributed by atoms with Crippen LogP contribution in [0, 0.1) is 23.1 Å². The molecule has 5 atom stereocenters. The van der Waals surface area contributed by atoms with Crippen molar-refractivity contribution in [2.45, 2.75) is 50.4 Å². The number of carbonyl (C=O) groups is 2. The van der Waals surface area contributed by atoms with Crippen LogP contribution in [0.5, 0.6) is 5.75 Å². The van der Waals surface area contributed by atoms with Gasteiger partial charge in [-0.1, -0.05) is 0 Å². The van der Waals surface area contributed by atoms with Crippen molar-refractivity contribution in [1.82, 2.24) is 9.80 Å². The van der Waals surface area contributed by atoms with Crippen LogP contribution in [0.1, 0.15) is 36.5 Å². The molecular weight excluding hydrogens is 483 g/mol. The van der Waals surface area contributed by atoms with E-state index in [1.54, 1.807) is 14.1 Å². The normalized spacial score (nSPS) is 31.7. The molecule has 1 unspecified atom stereocenters. The molecule has 11 heteroatoms. The number of fused-ring (bicyclic) bond motifs is 3. The minimum absolute atomic E-state index is 0.00398. The zero-order valence-electron chi connectivity index (χ0n) is 20.9. The molecule has 0 aromatic heterocycles. The summed E-state index contributed by atoms with van der Waals surface area (Å²) in [5.74, 6) is -6.16. The smallest absolute Gasteiger partial charge is 0.254 e. The van der Waals surface area contributed by atoms with Gasteiger partial charge in [-0.15, -0.1) is 0 Å². The van der Waals surface area contributed by atoms with Crippen molar-refractivity contribution in [3.63, 3.8) is 0 Å². The highest BCUT2D eigenvalue weighted by atomic mass is 19.1. The first kappa shape index (κ1) is 25.4. The van der Waals surface area contributed by atoms with Crippen molar-refractivity contribution in [3.05, 3.63) is 45.5 Å². The van der Waals surface area contributed by atoms with Gasteiger partial charge in [0.25, 0.3) is 5.91 Å². The van der Waals surface area contributed by atoms with E-state index in [2.05, 4.69) is 4.90 Å². The molecule has 3 aliphatic carbocycles. The number of carbonyl (C=O) groups excluding carboxylic acids is 2. The number of phenolic OH excluding ortho intramolecular Hbond substituents is 1. The third kappa shape index (κ3) is 3.37. The molecule has 198 valence electrons. The Morgan fingerprint density at radius 3 is 2.54 bits per heavy atom. The Morgan fingerprint density at radius 2 is 2.00 bits per heavy atom. The summed E-state index contributed by atoms with van der Waals surface area (Å²) in [6.45, 7) is 3.14. The average Bonchev–Trinajstić information content (AvgIpc) is 2.81. The molecule has 0 bridgehead atoms. The van der Waals surface area contributed by atoms with Gasteiger partial charge in [-0.3, -0.25) is 19.4 Å². The van der Waals surface area contributed by atoms with Gasteiger partial charge in [-0.2, -0.15) is 0 Å². The summed E-state index contributed by atoms with van der Waals surface area (Å²) in [6, 6.07) is 0.507. The largest absolute Gasteiger partial charge is 0.510 e. The van der Waals surface area contributed by atoms with Crippen LogP contribution in [0.25, 0.3) is 5.76 Å². The quantitative estimate of drug-likeness (QED) is 0.347. The van der Waals surface area contributed by atoms with Crippen LogP contribution < -0.4 is 5.73 Å². The van der Waals surface area contributed by atoms with E-state index in [0.717, 1.165) is 13.0 Å². The zero-order chi connectivity index (χ0) is 27.1. The fraction of sp³-hybridized carbons (Fsp3) is 0.500. The Balaban J connectivity index is 1.64. The molecule has 0 radical (unpaired) electrons. The number of hydrogen-bond acceptors (Lipinski definition) is 9. The molecule has 1 saturated carbocycles. The van der Waals surface area contributed by atoms with E-state index >= 15 is 4.39 Å². The maximum Gasteiger partial charge on any atom is 0.254 e. The number of halogens is 1. The third-order valence-electron chi connectivity index (χ3n) is 8.61. The van der Waals surface area contributed by atoms with Gasteiger partial charge in [0, 0.05) is 41.7 Å². The molecule has 37 heavy (non-hydrogen) atoms. The summed E-state index contributed by atoms with van der Waals surface area (Å²) >= 11 is 0. The summed E-state index contributed by atoms with van der Waals surface area (Å²) in [4.78, 5) is 29.5. The number of hydrogen-bond donors (Lipinski definition) is 6. The fourth-order valence-corrected chi connectivity index (χ4v) is 6.54. The lowest BCUT2D eigenvalue weighted by atomic mass is 9.57. The average molecular weight is 515 g/mol. The molecular formula is C26H31FN4O6. The molecule has 2 fully saturated rings. The number of aliphatic hydroxyl groups is 3. The highest BCUT2D eigenvalue weighted by Crippen LogP contribution is 2.52. The number of rotatable bonds is 4. The number of phenols is 1. The van der Waals surface area contributed by atoms with Gasteiger partial charge in [0.15, 0.2) is 5.60 Å². The van der Waals surface area contributed by atoms with Crippen molar-refractivity contribution in [2.24, 2.45) is 17.6 Å². The number of benzene rings is 1. The number of nitrogens with one attached hydrogen (secondary N) is 1. The van der Waals surface area contributed by atoms with Gasteiger partial charge in [-0.05, 0) is 52.3 Å². The number of primary amides is 1. The van der Waals surface area contributed by atoms with E-state index < -0.39 is 63.8 Å². The molecule has 1 aromatic carbocycles. The second kappa shape index (κ2) is 8.37. The van der Waals surface area contributed by atoms with Crippen LogP contribution in [-0.4, -0.2) is 86.0 Å². The molecule has 4 aliphatic rings. The Morgan fingerprint density at radius 1 is 1.32 bits per heavy atom. The zero-order valence-corrected chi connectivity index (χ0v) is 20.9. The number of Topliss-reactive ketones (excluding diaryl/α,β-unsaturated/α-hetero) is 1. The summed E-state index contributed by atoms with van der Waals surface area (Å²) in [5.41, 5.74) is 1.25. The molecule has 1 aromatic rings. The minimum atomic E-state index is -2.56. The first-order chi connectivity index (χ1) is 17.3. The number of likely N-dealkylation sites (N-methyl/N-ethyl adjacent to an activating group) is 1. The second-order valence-corrected chi connectivity index (χ2v) is 10.8. The van der Waals surface area contributed by atoms with E-state index in [1.807, 2.05) is 6.92 Å². The van der Waals surface area contributed by atoms with Gasteiger partial charge in [0.05, 0.1) is 17.3 Å². The van der Waals surface area contributed by atoms with Gasteiger partial charge in [0.1, 0.15) is 28.7 Å². The summed E-state index contributed by atoms with van der Waals surface area (Å²) < 4.78 is 15.7. The number of ketones is 1. The lowest BCUT2D eigenvalue weighted by Crippen LogP contribution is -2.67. The standard InChI is InChI=1S/C26H31FN4O6/c1-10-4-5-31(10)9-12-8-15(32)17-13(19(12)27)6-11-7-14-20(30(2)3)22(34)18(25(29)36)23(28)26(14,37)24(35)16(11)21(17)33/h8,10-11,14,20,28,32-34,37H,4-7,9H2,1-3H3,(H2,29,36)/t10?,11-,14-,20-,26+/m0/s1. The first-order valence-corrected chi connectivity index (χ1v) is 12.3. The first-order valence-electron chi connectivity index (χ1n) is 12.3. The highest BCUT2D eigenvalue weighted by Gasteiger charge is 2.63. The predicted octanol–water partition coefficient (Wildman–Crippen LogP) is 1.15. The Labute approximate surface area is 213 Å². The highest BCUT2D eigenvalue weighted by molar-refractivity contribution is 6.33. The van der Waals surface area contributed by atoms with Gasteiger partial charge in [0.2, 0.25) is 5.78 Å². The second-order valence-electron chi connectivity index (χ2n) is 10.8. The number of aromatic hydroxyl groups is 1. The van der Waals surface area contributed by atoms with Crippen molar-refractivity contribution in [2.75, 3.05) is 20.6 Å². The third-order valence-corrected chi connectivity index (χ3v) is 8.61. The van der Waals surface area contributed by atoms with Crippen LogP contribution in [0.3, 0.4) is 0 Å². The number of amides is 1. The number of aliphatic hydroxyl groups excluding tert-OH is 2. The Kier molecular flexibility index (Phi) is 5.74. The van der Waals surface area contributed by atoms with Crippen LogP contribution in [0.2, 0.25) is 0 Å². The molecule has 1 amide bonds. The van der Waals surface area contributed by atoms with E-state index in [0.29, 0.717) is 12.6 Å². The fourth-order valence-electron chi connectivity index (χ4n) is 6.54. The topological polar surface area (TPSA) is 171 Å². The Bertz CT molecular complexity index is 1320. The van der Waals surface area contributed by atoms with Crippen LogP contribution >= 0.6 is 0 Å². The molecule has 5 rings (SSSR count). The van der Waals surface area contributed by atoms with Crippen LogP contribution in [0.15, 0.2) is 23.0 Å². The molecule has 10 nitrogen and oxygen atoms in total. The summed E-state index contributed by atoms with van der Waals surface area (Å²) in [7, 11) is 3.16. The maximum atomic E-state index is 15.7. The molecule has 7 N–H and O–H groups in total. The summed E-state index contributed by atoms with van der Waals surface area (Å²) in [5, 5.41) is 53.0. The molecule has 1 heterocycles. The SMILES string of the molecule is CC1CCN1Cc1cc(O)c2c(c1F)C[C@H]1C[C@H]3[C@H](N(C)C)C(O)=C(C(N)=O)C(=N)[C@@]3(O)C(=O)C1=C2O. The number of nitrogens with two attached hydrogens (primary N) is 1.